The van der Waals surface area contributed by atoms with Crippen molar-refractivity contribution in [1.82, 2.24) is 4.90 Å². The number of amides is 1. The zero-order valence-corrected chi connectivity index (χ0v) is 10.3. The van der Waals surface area contributed by atoms with Crippen LogP contribution in [0.2, 0.25) is 0 Å². The van der Waals surface area contributed by atoms with Gasteiger partial charge < -0.3 is 20.2 Å². The number of carboxylic acid groups (broad SMARTS) is 1. The molecule has 1 aromatic rings. The highest BCUT2D eigenvalue weighted by Crippen LogP contribution is 2.35. The Labute approximate surface area is 109 Å². The van der Waals surface area contributed by atoms with Gasteiger partial charge in [0.2, 0.25) is 0 Å². The molecule has 1 aromatic carbocycles. The number of hydrogen-bond acceptors (Lipinski definition) is 3. The van der Waals surface area contributed by atoms with Crippen LogP contribution in [0, 0.1) is 0 Å². The third-order valence-electron chi connectivity index (χ3n) is 3.54. The lowest BCUT2D eigenvalue weighted by molar-refractivity contribution is -0.0848. The molecule has 2 atom stereocenters. The minimum atomic E-state index is -1.70. The first kappa shape index (κ1) is 13.8. The van der Waals surface area contributed by atoms with Crippen LogP contribution >= 0.6 is 0 Å². The van der Waals surface area contributed by atoms with Gasteiger partial charge in [0.05, 0.1) is 13.2 Å². The normalized spacial score (nSPS) is 27.3. The zero-order chi connectivity index (χ0) is 14.0. The van der Waals surface area contributed by atoms with Crippen molar-refractivity contribution in [2.45, 2.75) is 24.8 Å². The van der Waals surface area contributed by atoms with E-state index in [1.54, 1.807) is 24.3 Å². The molecule has 1 fully saturated rings. The van der Waals surface area contributed by atoms with Gasteiger partial charge in [0.1, 0.15) is 5.60 Å². The third-order valence-corrected chi connectivity index (χ3v) is 3.54. The maximum atomic E-state index is 14.1. The highest BCUT2D eigenvalue weighted by Gasteiger charge is 2.44. The van der Waals surface area contributed by atoms with Crippen LogP contribution < -0.4 is 0 Å². The van der Waals surface area contributed by atoms with Gasteiger partial charge in [-0.15, -0.1) is 0 Å². The summed E-state index contributed by atoms with van der Waals surface area (Å²) >= 11 is 0. The van der Waals surface area contributed by atoms with Crippen molar-refractivity contribution >= 4 is 6.09 Å². The number of likely N-dealkylation sites (tertiary alicyclic amines) is 1. The van der Waals surface area contributed by atoms with E-state index in [4.69, 9.17) is 10.2 Å². The topological polar surface area (TPSA) is 81.0 Å². The van der Waals surface area contributed by atoms with Gasteiger partial charge in [-0.2, -0.15) is 0 Å². The molecule has 1 aliphatic rings. The molecule has 1 heterocycles. The standard InChI is InChI=1S/C13H16FNO4/c14-11-7-15(12(17)18)5-4-13(11,19)10-3-1-2-9(6-10)8-16/h1-3,6,11,16,19H,4-5,7-8H2,(H,17,18). The molecular formula is C13H16FNO4. The molecule has 19 heavy (non-hydrogen) atoms. The van der Waals surface area contributed by atoms with Gasteiger partial charge in [0, 0.05) is 13.0 Å². The van der Waals surface area contributed by atoms with Gasteiger partial charge >= 0.3 is 6.09 Å². The van der Waals surface area contributed by atoms with Gasteiger partial charge in [-0.25, -0.2) is 9.18 Å². The summed E-state index contributed by atoms with van der Waals surface area (Å²) < 4.78 is 14.1. The summed E-state index contributed by atoms with van der Waals surface area (Å²) in [5.74, 6) is 0. The van der Waals surface area contributed by atoms with Crippen LogP contribution in [-0.4, -0.2) is 45.6 Å². The van der Waals surface area contributed by atoms with E-state index in [9.17, 15) is 14.3 Å². The first-order valence-corrected chi connectivity index (χ1v) is 6.02. The van der Waals surface area contributed by atoms with Gasteiger partial charge in [0.25, 0.3) is 0 Å². The number of aliphatic hydroxyl groups excluding tert-OH is 1. The second-order valence-corrected chi connectivity index (χ2v) is 4.73. The molecule has 5 nitrogen and oxygen atoms in total. The molecule has 0 bridgehead atoms. The van der Waals surface area contributed by atoms with Gasteiger partial charge in [-0.3, -0.25) is 0 Å². The molecule has 0 aliphatic carbocycles. The van der Waals surface area contributed by atoms with Crippen molar-refractivity contribution in [2.75, 3.05) is 13.1 Å². The number of carbonyl (C=O) groups is 1. The fraction of sp³-hybridized carbons (Fsp3) is 0.462. The molecule has 0 spiro atoms. The Bertz CT molecular complexity index is 481. The maximum absolute atomic E-state index is 14.1. The Morgan fingerprint density at radius 1 is 1.53 bits per heavy atom. The van der Waals surface area contributed by atoms with Crippen molar-refractivity contribution < 1.29 is 24.5 Å². The van der Waals surface area contributed by atoms with Crippen molar-refractivity contribution in [3.05, 3.63) is 35.4 Å². The second-order valence-electron chi connectivity index (χ2n) is 4.73. The summed E-state index contributed by atoms with van der Waals surface area (Å²) in [6, 6.07) is 6.44. The molecule has 0 radical (unpaired) electrons. The quantitative estimate of drug-likeness (QED) is 0.750. The number of alkyl halides is 1. The van der Waals surface area contributed by atoms with Crippen LogP contribution in [0.4, 0.5) is 9.18 Å². The summed E-state index contributed by atoms with van der Waals surface area (Å²) in [5.41, 5.74) is -0.743. The molecule has 0 aromatic heterocycles. The molecule has 0 saturated carbocycles. The molecule has 1 aliphatic heterocycles. The molecule has 104 valence electrons. The fourth-order valence-corrected chi connectivity index (χ4v) is 2.34. The lowest BCUT2D eigenvalue weighted by atomic mass is 9.82. The summed E-state index contributed by atoms with van der Waals surface area (Å²) in [6.45, 7) is -0.465. The van der Waals surface area contributed by atoms with E-state index in [1.807, 2.05) is 0 Å². The monoisotopic (exact) mass is 269 g/mol. The van der Waals surface area contributed by atoms with E-state index in [1.165, 1.54) is 0 Å². The Hall–Kier alpha value is -1.66. The average molecular weight is 269 g/mol. The first-order chi connectivity index (χ1) is 8.97. The first-order valence-electron chi connectivity index (χ1n) is 6.02. The Morgan fingerprint density at radius 2 is 2.26 bits per heavy atom. The Morgan fingerprint density at radius 3 is 2.84 bits per heavy atom. The average Bonchev–Trinajstić information content (AvgIpc) is 2.41. The summed E-state index contributed by atoms with van der Waals surface area (Å²) in [4.78, 5) is 11.7. The smallest absolute Gasteiger partial charge is 0.407 e. The predicted octanol–water partition coefficient (Wildman–Crippen LogP) is 1.09. The Balaban J connectivity index is 2.25. The minimum absolute atomic E-state index is 0.00461. The van der Waals surface area contributed by atoms with Crippen molar-refractivity contribution in [3.63, 3.8) is 0 Å². The third kappa shape index (κ3) is 2.54. The number of benzene rings is 1. The number of hydrogen-bond donors (Lipinski definition) is 3. The molecular weight excluding hydrogens is 253 g/mol. The molecule has 1 amide bonds. The van der Waals surface area contributed by atoms with Crippen molar-refractivity contribution in [1.29, 1.82) is 0 Å². The van der Waals surface area contributed by atoms with E-state index in [2.05, 4.69) is 0 Å². The minimum Gasteiger partial charge on any atom is -0.465 e. The van der Waals surface area contributed by atoms with E-state index in [0.29, 0.717) is 11.1 Å². The van der Waals surface area contributed by atoms with Crippen LogP contribution in [-0.2, 0) is 12.2 Å². The molecule has 3 N–H and O–H groups in total. The lowest BCUT2D eigenvalue weighted by Gasteiger charge is -2.40. The van der Waals surface area contributed by atoms with E-state index >= 15 is 0 Å². The van der Waals surface area contributed by atoms with Crippen molar-refractivity contribution in [2.24, 2.45) is 0 Å². The van der Waals surface area contributed by atoms with Crippen LogP contribution in [0.25, 0.3) is 0 Å². The van der Waals surface area contributed by atoms with Crippen LogP contribution in [0.1, 0.15) is 17.5 Å². The fourth-order valence-electron chi connectivity index (χ4n) is 2.34. The van der Waals surface area contributed by atoms with Gasteiger partial charge in [0.15, 0.2) is 6.17 Å². The second kappa shape index (κ2) is 5.14. The lowest BCUT2D eigenvalue weighted by Crippen LogP contribution is -2.53. The van der Waals surface area contributed by atoms with E-state index in [0.717, 1.165) is 4.90 Å². The van der Waals surface area contributed by atoms with Gasteiger partial charge in [-0.05, 0) is 11.1 Å². The van der Waals surface area contributed by atoms with Crippen LogP contribution in [0.15, 0.2) is 24.3 Å². The number of aliphatic hydroxyl groups is 2. The Kier molecular flexibility index (Phi) is 3.73. The summed E-state index contributed by atoms with van der Waals surface area (Å²) in [6.07, 6.45) is -2.88. The maximum Gasteiger partial charge on any atom is 0.407 e. The molecule has 2 unspecified atom stereocenters. The summed E-state index contributed by atoms with van der Waals surface area (Å²) in [7, 11) is 0. The molecule has 2 rings (SSSR count). The SMILES string of the molecule is O=C(O)N1CCC(O)(c2cccc(CO)c2)C(F)C1. The highest BCUT2D eigenvalue weighted by atomic mass is 19.1. The van der Waals surface area contributed by atoms with E-state index < -0.39 is 17.9 Å². The number of piperidine rings is 1. The number of rotatable bonds is 2. The number of nitrogens with zero attached hydrogens (tertiary/aromatic N) is 1. The number of halogens is 1. The van der Waals surface area contributed by atoms with Crippen LogP contribution in [0.5, 0.6) is 0 Å². The predicted molar refractivity (Wildman–Crippen MR) is 65.4 cm³/mol. The highest BCUT2D eigenvalue weighted by molar-refractivity contribution is 5.65. The van der Waals surface area contributed by atoms with Crippen LogP contribution in [0.3, 0.4) is 0 Å². The van der Waals surface area contributed by atoms with Gasteiger partial charge in [-0.1, -0.05) is 24.3 Å². The van der Waals surface area contributed by atoms with E-state index in [-0.39, 0.29) is 26.1 Å². The zero-order valence-electron chi connectivity index (χ0n) is 10.3. The van der Waals surface area contributed by atoms with Crippen molar-refractivity contribution in [3.8, 4) is 0 Å². The summed E-state index contributed by atoms with van der Waals surface area (Å²) in [5, 5.41) is 28.3. The molecule has 6 heteroatoms. The largest absolute Gasteiger partial charge is 0.465 e. The molecule has 1 saturated heterocycles.